The smallest absolute Gasteiger partial charge is 0.266 e. The van der Waals surface area contributed by atoms with E-state index in [1.54, 1.807) is 12.1 Å². The molecule has 0 radical (unpaired) electrons. The van der Waals surface area contributed by atoms with Crippen LogP contribution in [-0.2, 0) is 4.79 Å². The van der Waals surface area contributed by atoms with Crippen molar-refractivity contribution in [3.05, 3.63) is 57.8 Å². The standard InChI is InChI=1S/C20H18BrFN2O3/c1-3-8-27-19-11-17(21)13(10-18(19)26-2)9-14(12-23)20(25)24-16-6-4-15(22)5-7-16/h4-7,9-11H,3,8H2,1-2H3,(H,24,25)/b14-9+. The molecule has 5 nitrogen and oxygen atoms in total. The summed E-state index contributed by atoms with van der Waals surface area (Å²) in [6.07, 6.45) is 2.29. The second-order valence-corrected chi connectivity index (χ2v) is 6.36. The predicted molar refractivity (Wildman–Crippen MR) is 105 cm³/mol. The van der Waals surface area contributed by atoms with E-state index in [0.717, 1.165) is 6.42 Å². The van der Waals surface area contributed by atoms with Crippen molar-refractivity contribution in [3.8, 4) is 17.6 Å². The minimum atomic E-state index is -0.596. The molecule has 0 saturated carbocycles. The molecule has 1 amide bonds. The summed E-state index contributed by atoms with van der Waals surface area (Å²) in [5.41, 5.74) is 0.869. The fraction of sp³-hybridized carbons (Fsp3) is 0.200. The Balaban J connectivity index is 2.29. The molecule has 0 heterocycles. The van der Waals surface area contributed by atoms with E-state index in [-0.39, 0.29) is 5.57 Å². The third-order valence-electron chi connectivity index (χ3n) is 3.51. The predicted octanol–water partition coefficient (Wildman–Crippen LogP) is 4.93. The summed E-state index contributed by atoms with van der Waals surface area (Å²) < 4.78 is 24.6. The first-order valence-corrected chi connectivity index (χ1v) is 8.96. The average Bonchev–Trinajstić information content (AvgIpc) is 2.67. The van der Waals surface area contributed by atoms with Gasteiger partial charge in [-0.2, -0.15) is 5.26 Å². The highest BCUT2D eigenvalue weighted by Crippen LogP contribution is 2.34. The first-order chi connectivity index (χ1) is 13.0. The Morgan fingerprint density at radius 1 is 1.30 bits per heavy atom. The maximum Gasteiger partial charge on any atom is 0.266 e. The van der Waals surface area contributed by atoms with E-state index in [2.05, 4.69) is 21.2 Å². The van der Waals surface area contributed by atoms with Crippen LogP contribution in [0.25, 0.3) is 6.08 Å². The van der Waals surface area contributed by atoms with Gasteiger partial charge >= 0.3 is 0 Å². The van der Waals surface area contributed by atoms with Crippen LogP contribution in [0.4, 0.5) is 10.1 Å². The molecule has 0 aliphatic heterocycles. The molecule has 2 aromatic carbocycles. The summed E-state index contributed by atoms with van der Waals surface area (Å²) in [4.78, 5) is 12.3. The molecule has 0 fully saturated rings. The number of anilines is 1. The Morgan fingerprint density at radius 3 is 2.59 bits per heavy atom. The van der Waals surface area contributed by atoms with Crippen LogP contribution in [0, 0.1) is 17.1 Å². The van der Waals surface area contributed by atoms with E-state index >= 15 is 0 Å². The number of ether oxygens (including phenoxy) is 2. The van der Waals surface area contributed by atoms with E-state index in [4.69, 9.17) is 9.47 Å². The van der Waals surface area contributed by atoms with Gasteiger partial charge in [0.25, 0.3) is 5.91 Å². The van der Waals surface area contributed by atoms with E-state index in [0.29, 0.717) is 33.8 Å². The minimum absolute atomic E-state index is 0.107. The lowest BCUT2D eigenvalue weighted by atomic mass is 10.1. The van der Waals surface area contributed by atoms with Crippen molar-refractivity contribution in [1.29, 1.82) is 5.26 Å². The van der Waals surface area contributed by atoms with Crippen LogP contribution in [0.1, 0.15) is 18.9 Å². The highest BCUT2D eigenvalue weighted by molar-refractivity contribution is 9.10. The van der Waals surface area contributed by atoms with Crippen LogP contribution in [0.2, 0.25) is 0 Å². The molecule has 1 N–H and O–H groups in total. The van der Waals surface area contributed by atoms with Gasteiger partial charge in [0.15, 0.2) is 11.5 Å². The summed E-state index contributed by atoms with van der Waals surface area (Å²) >= 11 is 3.42. The van der Waals surface area contributed by atoms with Crippen LogP contribution in [0.5, 0.6) is 11.5 Å². The number of carbonyl (C=O) groups is 1. The molecule has 0 bridgehead atoms. The van der Waals surface area contributed by atoms with Crippen molar-refractivity contribution in [3.63, 3.8) is 0 Å². The maximum atomic E-state index is 13.0. The molecule has 0 aromatic heterocycles. The summed E-state index contributed by atoms with van der Waals surface area (Å²) in [6, 6.07) is 10.6. The van der Waals surface area contributed by atoms with E-state index in [9.17, 15) is 14.4 Å². The summed E-state index contributed by atoms with van der Waals surface area (Å²) in [5, 5.41) is 11.9. The number of nitrogens with one attached hydrogen (secondary N) is 1. The second-order valence-electron chi connectivity index (χ2n) is 5.50. The Morgan fingerprint density at radius 2 is 2.00 bits per heavy atom. The number of amides is 1. The van der Waals surface area contributed by atoms with Gasteiger partial charge in [-0.25, -0.2) is 4.39 Å². The van der Waals surface area contributed by atoms with E-state index in [1.165, 1.54) is 37.5 Å². The summed E-state index contributed by atoms with van der Waals surface area (Å²) in [5.74, 6) is 0.0542. The Hall–Kier alpha value is -2.85. The van der Waals surface area contributed by atoms with E-state index < -0.39 is 11.7 Å². The fourth-order valence-corrected chi connectivity index (χ4v) is 2.62. The number of hydrogen-bond acceptors (Lipinski definition) is 4. The van der Waals surface area contributed by atoms with Gasteiger partial charge < -0.3 is 14.8 Å². The molecule has 0 aliphatic carbocycles. The van der Waals surface area contributed by atoms with E-state index in [1.807, 2.05) is 13.0 Å². The van der Waals surface area contributed by atoms with Crippen LogP contribution in [-0.4, -0.2) is 19.6 Å². The van der Waals surface area contributed by atoms with Crippen LogP contribution < -0.4 is 14.8 Å². The lowest BCUT2D eigenvalue weighted by Crippen LogP contribution is -2.13. The average molecular weight is 433 g/mol. The van der Waals surface area contributed by atoms with Gasteiger partial charge in [0.2, 0.25) is 0 Å². The zero-order valence-corrected chi connectivity index (χ0v) is 16.5. The number of benzene rings is 2. The monoisotopic (exact) mass is 432 g/mol. The van der Waals surface area contributed by atoms with Gasteiger partial charge in [-0.1, -0.05) is 22.9 Å². The zero-order valence-electron chi connectivity index (χ0n) is 14.9. The molecular weight excluding hydrogens is 415 g/mol. The Bertz CT molecular complexity index is 889. The number of nitriles is 1. The van der Waals surface area contributed by atoms with Gasteiger partial charge in [0.1, 0.15) is 17.5 Å². The van der Waals surface area contributed by atoms with Crippen molar-refractivity contribution in [2.45, 2.75) is 13.3 Å². The molecule has 0 saturated heterocycles. The van der Waals surface area contributed by atoms with Crippen LogP contribution >= 0.6 is 15.9 Å². The largest absolute Gasteiger partial charge is 0.493 e. The number of nitrogens with zero attached hydrogens (tertiary/aromatic N) is 1. The van der Waals surface area contributed by atoms with Crippen molar-refractivity contribution in [2.24, 2.45) is 0 Å². The number of methoxy groups -OCH3 is 1. The summed E-state index contributed by atoms with van der Waals surface area (Å²) in [6.45, 7) is 2.54. The number of carbonyl (C=O) groups excluding carboxylic acids is 1. The Labute approximate surface area is 165 Å². The summed E-state index contributed by atoms with van der Waals surface area (Å²) in [7, 11) is 1.52. The Kier molecular flexibility index (Phi) is 7.38. The van der Waals surface area contributed by atoms with Gasteiger partial charge in [-0.3, -0.25) is 4.79 Å². The topological polar surface area (TPSA) is 71.3 Å². The number of halogens is 2. The number of rotatable bonds is 7. The van der Waals surface area contributed by atoms with Crippen molar-refractivity contribution in [1.82, 2.24) is 0 Å². The third kappa shape index (κ3) is 5.56. The van der Waals surface area contributed by atoms with Gasteiger partial charge in [0, 0.05) is 10.2 Å². The molecule has 0 aliphatic rings. The molecular formula is C20H18BrFN2O3. The molecule has 2 rings (SSSR count). The quantitative estimate of drug-likeness (QED) is 0.497. The van der Waals surface area contributed by atoms with Gasteiger partial charge in [-0.05, 0) is 54.5 Å². The highest BCUT2D eigenvalue weighted by atomic mass is 79.9. The molecule has 140 valence electrons. The number of hydrogen-bond donors (Lipinski definition) is 1. The van der Waals surface area contributed by atoms with Crippen LogP contribution in [0.15, 0.2) is 46.4 Å². The third-order valence-corrected chi connectivity index (χ3v) is 4.20. The normalized spacial score (nSPS) is 10.9. The molecule has 0 spiro atoms. The molecule has 0 atom stereocenters. The molecule has 27 heavy (non-hydrogen) atoms. The minimum Gasteiger partial charge on any atom is -0.493 e. The molecule has 7 heteroatoms. The van der Waals surface area contributed by atoms with Crippen molar-refractivity contribution in [2.75, 3.05) is 19.0 Å². The van der Waals surface area contributed by atoms with Crippen LogP contribution in [0.3, 0.4) is 0 Å². The zero-order chi connectivity index (χ0) is 19.8. The first kappa shape index (κ1) is 20.5. The van der Waals surface area contributed by atoms with Gasteiger partial charge in [-0.15, -0.1) is 0 Å². The van der Waals surface area contributed by atoms with Gasteiger partial charge in [0.05, 0.1) is 13.7 Å². The SMILES string of the molecule is CCCOc1cc(Br)c(/C=C(\C#N)C(=O)Nc2ccc(F)cc2)cc1OC. The van der Waals surface area contributed by atoms with Crippen molar-refractivity contribution < 1.29 is 18.7 Å². The van der Waals surface area contributed by atoms with Crippen molar-refractivity contribution >= 4 is 33.6 Å². The second kappa shape index (κ2) is 9.74. The lowest BCUT2D eigenvalue weighted by molar-refractivity contribution is -0.112. The fourth-order valence-electron chi connectivity index (χ4n) is 2.18. The first-order valence-electron chi connectivity index (χ1n) is 8.17. The lowest BCUT2D eigenvalue weighted by Gasteiger charge is -2.12. The molecule has 0 unspecified atom stereocenters. The maximum absolute atomic E-state index is 13.0. The highest BCUT2D eigenvalue weighted by Gasteiger charge is 2.14. The molecule has 2 aromatic rings.